The van der Waals surface area contributed by atoms with Crippen LogP contribution in [0.5, 0.6) is 0 Å². The molecule has 1 fully saturated rings. The van der Waals surface area contributed by atoms with Gasteiger partial charge < -0.3 is 5.32 Å². The highest BCUT2D eigenvalue weighted by atomic mass is 16.2. The summed E-state index contributed by atoms with van der Waals surface area (Å²) in [6, 6.07) is 12.5. The maximum Gasteiger partial charge on any atom is 0.266 e. The van der Waals surface area contributed by atoms with Gasteiger partial charge in [0.2, 0.25) is 5.91 Å². The van der Waals surface area contributed by atoms with Crippen LogP contribution < -0.4 is 27.3 Å². The minimum atomic E-state index is -0.324. The number of amides is 1. The van der Waals surface area contributed by atoms with E-state index in [1.807, 2.05) is 30.3 Å². The molecule has 2 heterocycles. The third kappa shape index (κ3) is 3.81. The van der Waals surface area contributed by atoms with E-state index in [2.05, 4.69) is 26.8 Å². The Morgan fingerprint density at radius 2 is 2.09 bits per heavy atom. The molecule has 1 aromatic heterocycles. The van der Waals surface area contributed by atoms with Gasteiger partial charge in [0.25, 0.3) is 5.56 Å². The van der Waals surface area contributed by atoms with Crippen molar-refractivity contribution < 1.29 is 4.79 Å². The first kappa shape index (κ1) is 15.3. The van der Waals surface area contributed by atoms with Gasteiger partial charge in [-0.15, -0.1) is 0 Å². The number of rotatable bonds is 5. The normalized spacial score (nSPS) is 17.1. The number of hydrogen-bond acceptors (Lipinski definition) is 6. The molecule has 1 aliphatic rings. The summed E-state index contributed by atoms with van der Waals surface area (Å²) in [5.74, 6) is -0.130. The van der Waals surface area contributed by atoms with Crippen LogP contribution in [0.1, 0.15) is 0 Å². The number of benzene rings is 1. The molecule has 8 nitrogen and oxygen atoms in total. The van der Waals surface area contributed by atoms with Gasteiger partial charge in [-0.2, -0.15) is 10.6 Å². The minimum absolute atomic E-state index is 0.130. The topological polar surface area (TPSA) is 100 Å². The maximum atomic E-state index is 11.9. The predicted octanol–water partition coefficient (Wildman–Crippen LogP) is -0.992. The van der Waals surface area contributed by atoms with Gasteiger partial charge in [-0.25, -0.2) is 15.5 Å². The van der Waals surface area contributed by atoms with Crippen molar-refractivity contribution in [2.75, 3.05) is 13.1 Å². The summed E-state index contributed by atoms with van der Waals surface area (Å²) < 4.78 is 1.36. The molecule has 1 aromatic carbocycles. The Balaban J connectivity index is 1.63. The Morgan fingerprint density at radius 1 is 1.26 bits per heavy atom. The molecule has 0 spiro atoms. The standard InChI is InChI=1S/C15H18N6O2/c22-14-7-6-12(11-4-2-1-3-5-11)19-21(14)9-8-16-15(23)13-10-17-20-18-13/h1-7,13,17-18,20H,8-10H2,(H,16,23). The lowest BCUT2D eigenvalue weighted by Gasteiger charge is -2.11. The summed E-state index contributed by atoms with van der Waals surface area (Å²) in [7, 11) is 0. The van der Waals surface area contributed by atoms with Gasteiger partial charge >= 0.3 is 0 Å². The van der Waals surface area contributed by atoms with E-state index in [0.29, 0.717) is 19.6 Å². The largest absolute Gasteiger partial charge is 0.353 e. The number of nitrogens with zero attached hydrogens (tertiary/aromatic N) is 2. The van der Waals surface area contributed by atoms with Gasteiger partial charge in [0.15, 0.2) is 0 Å². The molecule has 0 radical (unpaired) electrons. The molecule has 1 amide bonds. The number of hydrazine groups is 2. The molecule has 1 atom stereocenters. The smallest absolute Gasteiger partial charge is 0.266 e. The van der Waals surface area contributed by atoms with Gasteiger partial charge in [-0.3, -0.25) is 9.59 Å². The summed E-state index contributed by atoms with van der Waals surface area (Å²) in [5.41, 5.74) is 9.74. The Labute approximate surface area is 132 Å². The first-order valence-corrected chi connectivity index (χ1v) is 7.39. The van der Waals surface area contributed by atoms with Crippen LogP contribution in [0.25, 0.3) is 11.3 Å². The van der Waals surface area contributed by atoms with E-state index in [4.69, 9.17) is 0 Å². The van der Waals surface area contributed by atoms with Gasteiger partial charge in [-0.1, -0.05) is 30.3 Å². The van der Waals surface area contributed by atoms with Crippen molar-refractivity contribution >= 4 is 5.91 Å². The van der Waals surface area contributed by atoms with E-state index in [0.717, 1.165) is 11.3 Å². The van der Waals surface area contributed by atoms with Crippen LogP contribution in [0, 0.1) is 0 Å². The van der Waals surface area contributed by atoms with Crippen molar-refractivity contribution in [3.63, 3.8) is 0 Å². The van der Waals surface area contributed by atoms with Crippen LogP contribution in [0.2, 0.25) is 0 Å². The third-order valence-corrected chi connectivity index (χ3v) is 3.52. The minimum Gasteiger partial charge on any atom is -0.353 e. The highest BCUT2D eigenvalue weighted by molar-refractivity contribution is 5.82. The van der Waals surface area contributed by atoms with E-state index in [1.54, 1.807) is 6.07 Å². The first-order chi connectivity index (χ1) is 11.2. The fourth-order valence-electron chi connectivity index (χ4n) is 2.28. The van der Waals surface area contributed by atoms with Crippen molar-refractivity contribution in [1.29, 1.82) is 0 Å². The fraction of sp³-hybridized carbons (Fsp3) is 0.267. The van der Waals surface area contributed by atoms with E-state index >= 15 is 0 Å². The summed E-state index contributed by atoms with van der Waals surface area (Å²) >= 11 is 0. The summed E-state index contributed by atoms with van der Waals surface area (Å²) in [4.78, 5) is 23.7. The summed E-state index contributed by atoms with van der Waals surface area (Å²) in [6.45, 7) is 1.16. The molecule has 1 unspecified atom stereocenters. The average molecular weight is 314 g/mol. The van der Waals surface area contributed by atoms with Crippen molar-refractivity contribution in [2.24, 2.45) is 0 Å². The predicted molar refractivity (Wildman–Crippen MR) is 85.0 cm³/mol. The molecule has 4 N–H and O–H groups in total. The highest BCUT2D eigenvalue weighted by Gasteiger charge is 2.21. The Morgan fingerprint density at radius 3 is 2.83 bits per heavy atom. The second-order valence-electron chi connectivity index (χ2n) is 5.14. The molecule has 23 heavy (non-hydrogen) atoms. The molecule has 1 aliphatic heterocycles. The second kappa shape index (κ2) is 7.14. The quantitative estimate of drug-likeness (QED) is 0.565. The fourth-order valence-corrected chi connectivity index (χ4v) is 2.28. The number of aromatic nitrogens is 2. The average Bonchev–Trinajstić information content (AvgIpc) is 3.12. The monoisotopic (exact) mass is 314 g/mol. The number of carbonyl (C=O) groups excluding carboxylic acids is 1. The highest BCUT2D eigenvalue weighted by Crippen LogP contribution is 2.13. The number of nitrogens with one attached hydrogen (secondary N) is 4. The molecule has 0 saturated carbocycles. The third-order valence-electron chi connectivity index (χ3n) is 3.52. The van der Waals surface area contributed by atoms with Crippen LogP contribution in [0.3, 0.4) is 0 Å². The summed E-state index contributed by atoms with van der Waals surface area (Å²) in [6.07, 6.45) is 0. The Bertz CT molecular complexity index is 724. The van der Waals surface area contributed by atoms with Crippen LogP contribution in [-0.4, -0.2) is 34.8 Å². The van der Waals surface area contributed by atoms with Gasteiger partial charge in [0.1, 0.15) is 6.04 Å². The Kier molecular flexibility index (Phi) is 4.77. The lowest BCUT2D eigenvalue weighted by molar-refractivity contribution is -0.122. The molecule has 2 aromatic rings. The van der Waals surface area contributed by atoms with Crippen LogP contribution in [0.15, 0.2) is 47.3 Å². The lowest BCUT2D eigenvalue weighted by Crippen LogP contribution is -2.45. The summed E-state index contributed by atoms with van der Waals surface area (Å²) in [5, 5.41) is 7.13. The lowest BCUT2D eigenvalue weighted by atomic mass is 10.1. The van der Waals surface area contributed by atoms with Crippen LogP contribution in [0.4, 0.5) is 0 Å². The SMILES string of the molecule is O=C(NCCn1nc(-c2ccccc2)ccc1=O)C1CNNN1. The zero-order valence-corrected chi connectivity index (χ0v) is 12.5. The second-order valence-corrected chi connectivity index (χ2v) is 5.14. The Hall–Kier alpha value is -2.55. The molecule has 8 heteroatoms. The zero-order chi connectivity index (χ0) is 16.1. The number of carbonyl (C=O) groups is 1. The molecule has 3 rings (SSSR count). The van der Waals surface area contributed by atoms with Gasteiger partial charge in [0, 0.05) is 24.7 Å². The van der Waals surface area contributed by atoms with Crippen LogP contribution in [-0.2, 0) is 11.3 Å². The van der Waals surface area contributed by atoms with Crippen LogP contribution >= 0.6 is 0 Å². The van der Waals surface area contributed by atoms with Crippen molar-refractivity contribution in [1.82, 2.24) is 31.5 Å². The molecular weight excluding hydrogens is 296 g/mol. The molecule has 0 aliphatic carbocycles. The number of hydrogen-bond donors (Lipinski definition) is 4. The van der Waals surface area contributed by atoms with Crippen molar-refractivity contribution in [2.45, 2.75) is 12.6 Å². The van der Waals surface area contributed by atoms with E-state index in [-0.39, 0.29) is 17.5 Å². The maximum absolute atomic E-state index is 11.9. The first-order valence-electron chi connectivity index (χ1n) is 7.39. The van der Waals surface area contributed by atoms with Gasteiger partial charge in [-0.05, 0) is 6.07 Å². The van der Waals surface area contributed by atoms with E-state index in [1.165, 1.54) is 10.7 Å². The molecule has 120 valence electrons. The van der Waals surface area contributed by atoms with E-state index < -0.39 is 0 Å². The molecule has 1 saturated heterocycles. The van der Waals surface area contributed by atoms with Crippen molar-refractivity contribution in [3.8, 4) is 11.3 Å². The molecule has 0 bridgehead atoms. The van der Waals surface area contributed by atoms with Gasteiger partial charge in [0.05, 0.1) is 12.2 Å². The molecular formula is C15H18N6O2. The van der Waals surface area contributed by atoms with Crippen molar-refractivity contribution in [3.05, 3.63) is 52.8 Å². The van der Waals surface area contributed by atoms with E-state index in [9.17, 15) is 9.59 Å². The zero-order valence-electron chi connectivity index (χ0n) is 12.5.